The van der Waals surface area contributed by atoms with Gasteiger partial charge in [-0.15, -0.1) is 34.0 Å². The van der Waals surface area contributed by atoms with Crippen molar-refractivity contribution >= 4 is 77.1 Å². The molecule has 3 aliphatic carbocycles. The summed E-state index contributed by atoms with van der Waals surface area (Å²) in [4.78, 5) is 9.51. The number of nitrogens with zero attached hydrogens (tertiary/aromatic N) is 2. The van der Waals surface area contributed by atoms with Crippen molar-refractivity contribution in [3.63, 3.8) is 0 Å². The minimum Gasteiger partial charge on any atom is -0.245 e. The highest BCUT2D eigenvalue weighted by molar-refractivity contribution is 7.26. The molecule has 0 saturated heterocycles. The van der Waals surface area contributed by atoms with Crippen LogP contribution in [0.15, 0.2) is 83.4 Å². The number of thiazole rings is 2. The number of thiophene rings is 1. The quantitative estimate of drug-likeness (QED) is 0.213. The van der Waals surface area contributed by atoms with Gasteiger partial charge in [-0.2, -0.15) is 0 Å². The minimum absolute atomic E-state index is 0.426. The third kappa shape index (κ3) is 3.30. The normalized spacial score (nSPS) is 17.5. The molecule has 3 aromatic heterocycles. The Hall–Kier alpha value is -3.64. The van der Waals surface area contributed by atoms with Crippen LogP contribution in [-0.2, 0) is 12.8 Å². The van der Waals surface area contributed by atoms with E-state index in [4.69, 9.17) is 9.97 Å². The molecule has 0 spiro atoms. The summed E-state index contributed by atoms with van der Waals surface area (Å²) in [7, 11) is 0. The molecule has 0 N–H and O–H groups in total. The first-order valence-electron chi connectivity index (χ1n) is 13.4. The van der Waals surface area contributed by atoms with Crippen molar-refractivity contribution in [1.82, 2.24) is 9.97 Å². The van der Waals surface area contributed by atoms with E-state index in [9.17, 15) is 0 Å². The van der Waals surface area contributed by atoms with Crippen LogP contribution in [0.5, 0.6) is 0 Å². The second-order valence-electron chi connectivity index (χ2n) is 10.5. The van der Waals surface area contributed by atoms with E-state index in [2.05, 4.69) is 77.6 Å². The highest BCUT2D eigenvalue weighted by Gasteiger charge is 2.27. The average molecular weight is 555 g/mol. The van der Waals surface area contributed by atoms with Crippen molar-refractivity contribution in [2.75, 3.05) is 0 Å². The molecular weight excluding hydrogens is 533 g/mol. The van der Waals surface area contributed by atoms with Crippen molar-refractivity contribution < 1.29 is 0 Å². The Bertz CT molecular complexity index is 2080. The average Bonchev–Trinajstić information content (AvgIpc) is 3.75. The number of fused-ring (bicyclic) bond motifs is 9. The van der Waals surface area contributed by atoms with E-state index in [1.165, 1.54) is 69.9 Å². The molecule has 5 heteroatoms. The van der Waals surface area contributed by atoms with Crippen molar-refractivity contribution in [3.05, 3.63) is 106 Å². The summed E-state index contributed by atoms with van der Waals surface area (Å²) < 4.78 is 2.68. The summed E-state index contributed by atoms with van der Waals surface area (Å²) in [5.41, 5.74) is 9.57. The molecule has 3 heterocycles. The first-order chi connectivity index (χ1) is 19.3. The van der Waals surface area contributed by atoms with Crippen LogP contribution in [0.25, 0.3) is 64.2 Å². The van der Waals surface area contributed by atoms with Crippen LogP contribution in [0.3, 0.4) is 0 Å². The van der Waals surface area contributed by atoms with Crippen LogP contribution in [-0.4, -0.2) is 9.97 Å². The van der Waals surface area contributed by atoms with Crippen LogP contribution >= 0.6 is 34.0 Å². The molecule has 0 amide bonds. The molecule has 39 heavy (non-hydrogen) atoms. The highest BCUT2D eigenvalue weighted by atomic mass is 32.1. The van der Waals surface area contributed by atoms with Crippen molar-refractivity contribution in [3.8, 4) is 21.1 Å². The smallest absolute Gasteiger partial charge is 0.123 e. The highest BCUT2D eigenvalue weighted by Crippen LogP contribution is 2.50. The van der Waals surface area contributed by atoms with Gasteiger partial charge < -0.3 is 0 Å². The van der Waals surface area contributed by atoms with E-state index >= 15 is 0 Å². The monoisotopic (exact) mass is 554 g/mol. The third-order valence-corrected chi connectivity index (χ3v) is 11.1. The Morgan fingerprint density at radius 2 is 1.62 bits per heavy atom. The second kappa shape index (κ2) is 8.43. The standard InChI is InChI=1S/C34H22N2S3/c1-3-7-21-15-25-23(13-19(21)5-1)27(33-35-9-11-37-33)17-29-31(25)32-26-16-22-8-4-2-6-20(22)14-24(26)28(18-30(32)39-29)34-36-10-12-38-34/h1-3,5-7,9-12,14-19H,4,8,13H2. The minimum atomic E-state index is 0.426. The van der Waals surface area contributed by atoms with Crippen LogP contribution < -0.4 is 0 Å². The van der Waals surface area contributed by atoms with Gasteiger partial charge in [-0.25, -0.2) is 9.97 Å². The van der Waals surface area contributed by atoms with E-state index in [-0.39, 0.29) is 0 Å². The summed E-state index contributed by atoms with van der Waals surface area (Å²) in [6.07, 6.45) is 23.2. The van der Waals surface area contributed by atoms with Crippen molar-refractivity contribution in [1.29, 1.82) is 0 Å². The van der Waals surface area contributed by atoms with Crippen LogP contribution in [0, 0.1) is 5.92 Å². The lowest BCUT2D eigenvalue weighted by Crippen LogP contribution is -2.13. The van der Waals surface area contributed by atoms with E-state index in [0.717, 1.165) is 29.3 Å². The lowest BCUT2D eigenvalue weighted by Gasteiger charge is -2.26. The number of rotatable bonds is 2. The fourth-order valence-corrected chi connectivity index (χ4v) is 9.20. The number of hydrogen-bond donors (Lipinski definition) is 0. The summed E-state index contributed by atoms with van der Waals surface area (Å²) in [6, 6.07) is 9.73. The number of benzene rings is 3. The predicted molar refractivity (Wildman–Crippen MR) is 170 cm³/mol. The molecule has 9 rings (SSSR count). The Kier molecular flexibility index (Phi) is 4.80. The van der Waals surface area contributed by atoms with Crippen LogP contribution in [0.4, 0.5) is 0 Å². The lowest BCUT2D eigenvalue weighted by molar-refractivity contribution is 0.762. The Morgan fingerprint density at radius 3 is 2.46 bits per heavy atom. The molecule has 3 aromatic carbocycles. The fourth-order valence-electron chi connectivity index (χ4n) is 6.63. The zero-order chi connectivity index (χ0) is 25.5. The van der Waals surface area contributed by atoms with Gasteiger partial charge in [-0.05, 0) is 82.1 Å². The first kappa shape index (κ1) is 22.2. The lowest BCUT2D eigenvalue weighted by atomic mass is 9.78. The molecular formula is C34H22N2S3. The van der Waals surface area contributed by atoms with E-state index < -0.39 is 0 Å². The number of hydrogen-bond acceptors (Lipinski definition) is 5. The van der Waals surface area contributed by atoms with Gasteiger partial charge in [-0.3, -0.25) is 0 Å². The summed E-state index contributed by atoms with van der Waals surface area (Å²) in [6.45, 7) is 0. The summed E-state index contributed by atoms with van der Waals surface area (Å²) >= 11 is 5.38. The molecule has 0 bridgehead atoms. The molecule has 1 unspecified atom stereocenters. The van der Waals surface area contributed by atoms with Gasteiger partial charge in [-0.1, -0.05) is 42.5 Å². The van der Waals surface area contributed by atoms with E-state index in [0.29, 0.717) is 5.92 Å². The zero-order valence-electron chi connectivity index (χ0n) is 21.0. The molecule has 6 aromatic rings. The predicted octanol–water partition coefficient (Wildman–Crippen LogP) is 10.1. The van der Waals surface area contributed by atoms with Gasteiger partial charge in [0.2, 0.25) is 0 Å². The molecule has 0 fully saturated rings. The van der Waals surface area contributed by atoms with Gasteiger partial charge >= 0.3 is 0 Å². The molecule has 186 valence electrons. The molecule has 2 nitrogen and oxygen atoms in total. The van der Waals surface area contributed by atoms with Crippen LogP contribution in [0.2, 0.25) is 0 Å². The van der Waals surface area contributed by atoms with Crippen molar-refractivity contribution in [2.24, 2.45) is 5.92 Å². The summed E-state index contributed by atoms with van der Waals surface area (Å²) in [5.74, 6) is 0.426. The van der Waals surface area contributed by atoms with E-state index in [1.807, 2.05) is 23.7 Å². The molecule has 0 saturated carbocycles. The molecule has 0 aliphatic heterocycles. The molecule has 3 aliphatic rings. The van der Waals surface area contributed by atoms with Gasteiger partial charge in [0.25, 0.3) is 0 Å². The zero-order valence-corrected chi connectivity index (χ0v) is 23.4. The first-order valence-corrected chi connectivity index (χ1v) is 15.9. The Balaban J connectivity index is 1.46. The largest absolute Gasteiger partial charge is 0.245 e. The maximum absolute atomic E-state index is 4.76. The number of aromatic nitrogens is 2. The molecule has 0 radical (unpaired) electrons. The SMILES string of the molecule is C1=CC2=Cc3c(c(-c4nccs4)cc4sc5cc(-c6nccs6)c6cc7c(cc6c5c34)CCC=C7)CC2C=C1. The number of aryl methyl sites for hydroxylation is 1. The van der Waals surface area contributed by atoms with Gasteiger partial charge in [0.1, 0.15) is 10.0 Å². The van der Waals surface area contributed by atoms with E-state index in [1.54, 1.807) is 22.7 Å². The topological polar surface area (TPSA) is 25.8 Å². The Morgan fingerprint density at radius 1 is 0.795 bits per heavy atom. The number of allylic oxidation sites excluding steroid dienone is 6. The Labute approximate surface area is 238 Å². The third-order valence-electron chi connectivity index (χ3n) is 8.38. The van der Waals surface area contributed by atoms with Crippen molar-refractivity contribution in [2.45, 2.75) is 19.3 Å². The fraction of sp³-hybridized carbons (Fsp3) is 0.118. The maximum atomic E-state index is 4.76. The maximum Gasteiger partial charge on any atom is 0.123 e. The van der Waals surface area contributed by atoms with Crippen LogP contribution in [0.1, 0.15) is 28.7 Å². The van der Waals surface area contributed by atoms with Gasteiger partial charge in [0, 0.05) is 60.4 Å². The van der Waals surface area contributed by atoms with Gasteiger partial charge in [0.05, 0.1) is 0 Å². The molecule has 1 atom stereocenters. The van der Waals surface area contributed by atoms with Gasteiger partial charge in [0.15, 0.2) is 0 Å². The summed E-state index contributed by atoms with van der Waals surface area (Å²) in [5, 5.41) is 11.9. The second-order valence-corrected chi connectivity index (χ2v) is 13.4.